The number of hydrogen-bond acceptors (Lipinski definition) is 2. The van der Waals surface area contributed by atoms with Crippen molar-refractivity contribution in [3.05, 3.63) is 58.1 Å². The third-order valence-corrected chi connectivity index (χ3v) is 4.05. The van der Waals surface area contributed by atoms with Crippen LogP contribution < -0.4 is 10.5 Å². The van der Waals surface area contributed by atoms with Crippen LogP contribution in [0.4, 0.5) is 5.69 Å². The Balaban J connectivity index is 1.88. The molecular formula is C16H16BrNO. The van der Waals surface area contributed by atoms with Crippen LogP contribution in [-0.2, 0) is 6.42 Å². The monoisotopic (exact) mass is 317 g/mol. The van der Waals surface area contributed by atoms with Crippen LogP contribution >= 0.6 is 15.9 Å². The summed E-state index contributed by atoms with van der Waals surface area (Å²) in [5.74, 6) is 0.768. The van der Waals surface area contributed by atoms with E-state index in [0.717, 1.165) is 29.5 Å². The first kappa shape index (κ1) is 12.5. The Kier molecular flexibility index (Phi) is 3.47. The molecule has 0 radical (unpaired) electrons. The Bertz CT molecular complexity index is 597. The molecule has 3 rings (SSSR count). The molecule has 1 atom stereocenters. The third kappa shape index (κ3) is 2.61. The highest BCUT2D eigenvalue weighted by atomic mass is 79.9. The molecule has 0 heterocycles. The lowest BCUT2D eigenvalue weighted by Crippen LogP contribution is -2.15. The fourth-order valence-corrected chi connectivity index (χ4v) is 2.99. The molecule has 19 heavy (non-hydrogen) atoms. The molecule has 0 spiro atoms. The zero-order valence-corrected chi connectivity index (χ0v) is 12.2. The number of aryl methyl sites for hydroxylation is 1. The van der Waals surface area contributed by atoms with Gasteiger partial charge in [0, 0.05) is 4.47 Å². The summed E-state index contributed by atoms with van der Waals surface area (Å²) in [5, 5.41) is 0. The van der Waals surface area contributed by atoms with E-state index in [-0.39, 0.29) is 6.10 Å². The van der Waals surface area contributed by atoms with Gasteiger partial charge >= 0.3 is 0 Å². The van der Waals surface area contributed by atoms with Gasteiger partial charge < -0.3 is 10.5 Å². The van der Waals surface area contributed by atoms with Gasteiger partial charge in [0.25, 0.3) is 0 Å². The standard InChI is InChI=1S/C16H16BrNO/c17-12-8-9-16(14(18)10-12)19-15-7-3-5-11-4-1-2-6-13(11)15/h1-2,4,6,8-10,15H,3,5,7,18H2. The lowest BCUT2D eigenvalue weighted by Gasteiger charge is -2.26. The quantitative estimate of drug-likeness (QED) is 0.828. The van der Waals surface area contributed by atoms with E-state index in [0.29, 0.717) is 5.69 Å². The van der Waals surface area contributed by atoms with E-state index in [1.165, 1.54) is 11.1 Å². The summed E-state index contributed by atoms with van der Waals surface area (Å²) in [7, 11) is 0. The first-order chi connectivity index (χ1) is 9.24. The van der Waals surface area contributed by atoms with Gasteiger partial charge in [0.2, 0.25) is 0 Å². The normalized spacial score (nSPS) is 17.8. The molecule has 2 aromatic rings. The lowest BCUT2D eigenvalue weighted by molar-refractivity contribution is 0.184. The van der Waals surface area contributed by atoms with Gasteiger partial charge in [-0.3, -0.25) is 0 Å². The van der Waals surface area contributed by atoms with Crippen molar-refractivity contribution >= 4 is 21.6 Å². The minimum atomic E-state index is 0.119. The van der Waals surface area contributed by atoms with Crippen LogP contribution in [0.1, 0.15) is 30.1 Å². The van der Waals surface area contributed by atoms with Gasteiger partial charge in [-0.2, -0.15) is 0 Å². The first-order valence-corrected chi connectivity index (χ1v) is 7.33. The predicted molar refractivity (Wildman–Crippen MR) is 81.3 cm³/mol. The fourth-order valence-electron chi connectivity index (χ4n) is 2.61. The van der Waals surface area contributed by atoms with Crippen molar-refractivity contribution in [3.63, 3.8) is 0 Å². The highest BCUT2D eigenvalue weighted by molar-refractivity contribution is 9.10. The lowest BCUT2D eigenvalue weighted by atomic mass is 9.89. The van der Waals surface area contributed by atoms with Gasteiger partial charge in [-0.25, -0.2) is 0 Å². The van der Waals surface area contributed by atoms with Crippen molar-refractivity contribution in [1.82, 2.24) is 0 Å². The average Bonchev–Trinajstić information content (AvgIpc) is 2.42. The Labute approximate surface area is 121 Å². The van der Waals surface area contributed by atoms with Gasteiger partial charge in [-0.05, 0) is 48.6 Å². The highest BCUT2D eigenvalue weighted by Gasteiger charge is 2.21. The van der Waals surface area contributed by atoms with Crippen LogP contribution in [0.2, 0.25) is 0 Å². The molecule has 0 fully saturated rings. The fraction of sp³-hybridized carbons (Fsp3) is 0.250. The summed E-state index contributed by atoms with van der Waals surface area (Å²) in [6.45, 7) is 0. The van der Waals surface area contributed by atoms with Crippen molar-refractivity contribution < 1.29 is 4.74 Å². The minimum Gasteiger partial charge on any atom is -0.484 e. The summed E-state index contributed by atoms with van der Waals surface area (Å²) >= 11 is 3.41. The second-order valence-corrected chi connectivity index (χ2v) is 5.80. The van der Waals surface area contributed by atoms with E-state index in [2.05, 4.69) is 40.2 Å². The number of benzene rings is 2. The number of hydrogen-bond donors (Lipinski definition) is 1. The average molecular weight is 318 g/mol. The Morgan fingerprint density at radius 2 is 2.00 bits per heavy atom. The van der Waals surface area contributed by atoms with Crippen LogP contribution in [0.15, 0.2) is 46.9 Å². The molecule has 2 aromatic carbocycles. The second-order valence-electron chi connectivity index (χ2n) is 4.88. The smallest absolute Gasteiger partial charge is 0.143 e. The molecule has 0 aliphatic heterocycles. The van der Waals surface area contributed by atoms with Crippen molar-refractivity contribution in [3.8, 4) is 5.75 Å². The number of nitrogen functional groups attached to an aromatic ring is 1. The molecule has 0 saturated heterocycles. The minimum absolute atomic E-state index is 0.119. The molecule has 1 unspecified atom stereocenters. The van der Waals surface area contributed by atoms with E-state index in [9.17, 15) is 0 Å². The number of nitrogens with two attached hydrogens (primary N) is 1. The first-order valence-electron chi connectivity index (χ1n) is 6.53. The zero-order chi connectivity index (χ0) is 13.2. The van der Waals surface area contributed by atoms with Gasteiger partial charge in [-0.15, -0.1) is 0 Å². The van der Waals surface area contributed by atoms with Crippen molar-refractivity contribution in [1.29, 1.82) is 0 Å². The number of rotatable bonds is 2. The molecule has 1 aliphatic carbocycles. The predicted octanol–water partition coefficient (Wildman–Crippen LogP) is 4.49. The van der Waals surface area contributed by atoms with Crippen molar-refractivity contribution in [2.24, 2.45) is 0 Å². The molecule has 3 heteroatoms. The largest absolute Gasteiger partial charge is 0.484 e. The Morgan fingerprint density at radius 1 is 1.16 bits per heavy atom. The summed E-state index contributed by atoms with van der Waals surface area (Å²) in [6, 6.07) is 14.3. The van der Waals surface area contributed by atoms with E-state index >= 15 is 0 Å². The molecule has 2 nitrogen and oxygen atoms in total. The SMILES string of the molecule is Nc1cc(Br)ccc1OC1CCCc2ccccc21. The van der Waals surface area contributed by atoms with E-state index < -0.39 is 0 Å². The molecule has 2 N–H and O–H groups in total. The van der Waals surface area contributed by atoms with Crippen LogP contribution in [-0.4, -0.2) is 0 Å². The molecule has 0 amide bonds. The van der Waals surface area contributed by atoms with Crippen LogP contribution in [0.3, 0.4) is 0 Å². The van der Waals surface area contributed by atoms with Gasteiger partial charge in [0.15, 0.2) is 0 Å². The Hall–Kier alpha value is -1.48. The van der Waals surface area contributed by atoms with E-state index in [4.69, 9.17) is 10.5 Å². The van der Waals surface area contributed by atoms with E-state index in [1.54, 1.807) is 0 Å². The molecule has 1 aliphatic rings. The number of fused-ring (bicyclic) bond motifs is 1. The van der Waals surface area contributed by atoms with Gasteiger partial charge in [-0.1, -0.05) is 40.2 Å². The third-order valence-electron chi connectivity index (χ3n) is 3.56. The highest BCUT2D eigenvalue weighted by Crippen LogP contribution is 2.36. The Morgan fingerprint density at radius 3 is 2.84 bits per heavy atom. The zero-order valence-electron chi connectivity index (χ0n) is 10.6. The van der Waals surface area contributed by atoms with Crippen molar-refractivity contribution in [2.45, 2.75) is 25.4 Å². The van der Waals surface area contributed by atoms with E-state index in [1.807, 2.05) is 18.2 Å². The van der Waals surface area contributed by atoms with Crippen LogP contribution in [0.5, 0.6) is 5.75 Å². The summed E-state index contributed by atoms with van der Waals surface area (Å²) in [5.41, 5.74) is 9.38. The van der Waals surface area contributed by atoms with Gasteiger partial charge in [0.1, 0.15) is 11.9 Å². The maximum absolute atomic E-state index is 6.12. The second kappa shape index (κ2) is 5.25. The number of ether oxygens (including phenoxy) is 1. The van der Waals surface area contributed by atoms with Crippen LogP contribution in [0.25, 0.3) is 0 Å². The molecule has 0 aromatic heterocycles. The molecule has 0 bridgehead atoms. The maximum atomic E-state index is 6.12. The van der Waals surface area contributed by atoms with Crippen molar-refractivity contribution in [2.75, 3.05) is 5.73 Å². The maximum Gasteiger partial charge on any atom is 0.143 e. The summed E-state index contributed by atoms with van der Waals surface area (Å²) in [4.78, 5) is 0. The summed E-state index contributed by atoms with van der Waals surface area (Å²) < 4.78 is 7.10. The number of anilines is 1. The summed E-state index contributed by atoms with van der Waals surface area (Å²) in [6.07, 6.45) is 3.48. The molecule has 0 saturated carbocycles. The molecular weight excluding hydrogens is 302 g/mol. The molecule has 98 valence electrons. The van der Waals surface area contributed by atoms with Crippen LogP contribution in [0, 0.1) is 0 Å². The van der Waals surface area contributed by atoms with Gasteiger partial charge in [0.05, 0.1) is 5.69 Å². The topological polar surface area (TPSA) is 35.2 Å². The number of halogens is 1.